The van der Waals surface area contributed by atoms with Gasteiger partial charge >= 0.3 is 0 Å². The topological polar surface area (TPSA) is 75.8 Å². The summed E-state index contributed by atoms with van der Waals surface area (Å²) in [6, 6.07) is 1.78. The van der Waals surface area contributed by atoms with E-state index in [2.05, 4.69) is 0 Å². The van der Waals surface area contributed by atoms with Crippen molar-refractivity contribution in [2.24, 2.45) is 11.5 Å². The molecule has 0 bridgehead atoms. The predicted octanol–water partition coefficient (Wildman–Crippen LogP) is -0.814. The van der Waals surface area contributed by atoms with Crippen LogP contribution in [0.3, 0.4) is 0 Å². The van der Waals surface area contributed by atoms with Crippen LogP contribution in [-0.4, -0.2) is 12.6 Å². The zero-order valence-electron chi connectivity index (χ0n) is 4.09. The Hall–Kier alpha value is -0.590. The molecule has 0 aromatic carbocycles. The van der Waals surface area contributed by atoms with Gasteiger partial charge in [0.05, 0.1) is 12.5 Å². The van der Waals surface area contributed by atoms with Gasteiger partial charge < -0.3 is 11.5 Å². The van der Waals surface area contributed by atoms with Crippen LogP contribution in [-0.2, 0) is 0 Å². The first-order chi connectivity index (χ1) is 3.31. The summed E-state index contributed by atoms with van der Waals surface area (Å²) in [6.07, 6.45) is 0.358. The van der Waals surface area contributed by atoms with Gasteiger partial charge in [0.2, 0.25) is 0 Å². The second-order valence-corrected chi connectivity index (χ2v) is 1.36. The van der Waals surface area contributed by atoms with Crippen molar-refractivity contribution in [3.05, 3.63) is 0 Å². The van der Waals surface area contributed by atoms with Crippen molar-refractivity contribution >= 4 is 0 Å². The first kappa shape index (κ1) is 6.41. The van der Waals surface area contributed by atoms with Gasteiger partial charge in [0.15, 0.2) is 0 Å². The zero-order valence-corrected chi connectivity index (χ0v) is 4.09. The van der Waals surface area contributed by atoms with Crippen LogP contribution in [0.2, 0.25) is 0 Å². The monoisotopic (exact) mass is 99.1 g/mol. The van der Waals surface area contributed by atoms with E-state index in [0.29, 0.717) is 13.0 Å². The molecular weight excluding hydrogens is 90.1 g/mol. The Morgan fingerprint density at radius 2 is 2.29 bits per heavy atom. The van der Waals surface area contributed by atoms with Crippen molar-refractivity contribution in [2.75, 3.05) is 6.54 Å². The summed E-state index contributed by atoms with van der Waals surface area (Å²) >= 11 is 0. The fourth-order valence-corrected chi connectivity index (χ4v) is 0.201. The molecule has 0 saturated heterocycles. The average Bonchev–Trinajstić information content (AvgIpc) is 1.68. The first-order valence-electron chi connectivity index (χ1n) is 2.14. The molecule has 0 aromatic rings. The fraction of sp³-hybridized carbons (Fsp3) is 0.750. The smallest absolute Gasteiger partial charge is 0.0638 e. The molecular formula is C4H9N3. The Kier molecular flexibility index (Phi) is 3.29. The second-order valence-electron chi connectivity index (χ2n) is 1.36. The molecule has 1 unspecified atom stereocenters. The number of rotatable bonds is 2. The van der Waals surface area contributed by atoms with Crippen LogP contribution in [0.25, 0.3) is 0 Å². The average molecular weight is 99.1 g/mol. The largest absolute Gasteiger partial charge is 0.329 e. The SMILES string of the molecule is N#CCC(N)CN. The normalized spacial score (nSPS) is 12.7. The lowest BCUT2D eigenvalue weighted by atomic mass is 10.2. The Labute approximate surface area is 42.9 Å². The maximum atomic E-state index is 7.98. The van der Waals surface area contributed by atoms with E-state index >= 15 is 0 Å². The van der Waals surface area contributed by atoms with Crippen LogP contribution in [0.5, 0.6) is 0 Å². The number of nitriles is 1. The molecule has 0 aromatic heterocycles. The minimum Gasteiger partial charge on any atom is -0.329 e. The molecule has 1 atom stereocenters. The van der Waals surface area contributed by atoms with Crippen LogP contribution in [0.1, 0.15) is 6.42 Å². The Bertz CT molecular complexity index is 73.5. The van der Waals surface area contributed by atoms with Gasteiger partial charge in [-0.1, -0.05) is 0 Å². The molecule has 7 heavy (non-hydrogen) atoms. The summed E-state index contributed by atoms with van der Waals surface area (Å²) in [4.78, 5) is 0. The molecule has 0 spiro atoms. The van der Waals surface area contributed by atoms with E-state index in [0.717, 1.165) is 0 Å². The summed E-state index contributed by atoms with van der Waals surface area (Å²) in [7, 11) is 0. The summed E-state index contributed by atoms with van der Waals surface area (Å²) in [5, 5.41) is 7.98. The van der Waals surface area contributed by atoms with Gasteiger partial charge in [-0.2, -0.15) is 5.26 Å². The van der Waals surface area contributed by atoms with Crippen molar-refractivity contribution in [3.8, 4) is 6.07 Å². The molecule has 0 fully saturated rings. The van der Waals surface area contributed by atoms with E-state index in [1.165, 1.54) is 0 Å². The van der Waals surface area contributed by atoms with Crippen LogP contribution < -0.4 is 11.5 Å². The second kappa shape index (κ2) is 3.59. The fourth-order valence-electron chi connectivity index (χ4n) is 0.201. The zero-order chi connectivity index (χ0) is 5.70. The molecule has 3 heteroatoms. The quantitative estimate of drug-likeness (QED) is 0.475. The van der Waals surface area contributed by atoms with Gasteiger partial charge in [-0.25, -0.2) is 0 Å². The Morgan fingerprint density at radius 1 is 1.71 bits per heavy atom. The van der Waals surface area contributed by atoms with Gasteiger partial charge in [-0.05, 0) is 0 Å². The third-order valence-electron chi connectivity index (χ3n) is 0.656. The van der Waals surface area contributed by atoms with Crippen molar-refractivity contribution in [1.82, 2.24) is 0 Å². The Morgan fingerprint density at radius 3 is 2.43 bits per heavy atom. The van der Waals surface area contributed by atoms with E-state index in [9.17, 15) is 0 Å². The predicted molar refractivity (Wildman–Crippen MR) is 27.3 cm³/mol. The van der Waals surface area contributed by atoms with Crippen LogP contribution in [0, 0.1) is 11.3 Å². The first-order valence-corrected chi connectivity index (χ1v) is 2.14. The van der Waals surface area contributed by atoms with E-state index in [4.69, 9.17) is 16.7 Å². The number of nitrogens with zero attached hydrogens (tertiary/aromatic N) is 1. The molecule has 0 aliphatic carbocycles. The molecule has 0 radical (unpaired) electrons. The van der Waals surface area contributed by atoms with Gasteiger partial charge in [0.25, 0.3) is 0 Å². The van der Waals surface area contributed by atoms with Crippen molar-refractivity contribution in [3.63, 3.8) is 0 Å². The standard InChI is InChI=1S/C4H9N3/c5-2-1-4(7)3-6/h4H,1,3,6-7H2. The highest BCUT2D eigenvalue weighted by Crippen LogP contribution is 1.78. The summed E-state index contributed by atoms with van der Waals surface area (Å²) < 4.78 is 0. The number of hydrogen-bond donors (Lipinski definition) is 2. The molecule has 3 nitrogen and oxygen atoms in total. The van der Waals surface area contributed by atoms with E-state index < -0.39 is 0 Å². The third kappa shape index (κ3) is 3.23. The van der Waals surface area contributed by atoms with E-state index in [1.807, 2.05) is 6.07 Å². The summed E-state index contributed by atoms with van der Waals surface area (Å²) in [6.45, 7) is 0.396. The van der Waals surface area contributed by atoms with Gasteiger partial charge in [0, 0.05) is 12.6 Å². The maximum absolute atomic E-state index is 7.98. The molecule has 0 aliphatic heterocycles. The van der Waals surface area contributed by atoms with Gasteiger partial charge in [0.1, 0.15) is 0 Å². The van der Waals surface area contributed by atoms with Crippen LogP contribution in [0.4, 0.5) is 0 Å². The lowest BCUT2D eigenvalue weighted by Crippen LogP contribution is -2.28. The van der Waals surface area contributed by atoms with Crippen molar-refractivity contribution < 1.29 is 0 Å². The molecule has 0 aliphatic rings. The molecule has 40 valence electrons. The molecule has 0 heterocycles. The molecule has 0 rings (SSSR count). The minimum atomic E-state index is -0.134. The lowest BCUT2D eigenvalue weighted by Gasteiger charge is -1.97. The summed E-state index contributed by atoms with van der Waals surface area (Å²) in [5.74, 6) is 0. The number of nitrogens with two attached hydrogens (primary N) is 2. The summed E-state index contributed by atoms with van der Waals surface area (Å²) in [5.41, 5.74) is 10.3. The minimum absolute atomic E-state index is 0.134. The number of hydrogen-bond acceptors (Lipinski definition) is 3. The maximum Gasteiger partial charge on any atom is 0.0638 e. The highest BCUT2D eigenvalue weighted by Gasteiger charge is 1.93. The lowest BCUT2D eigenvalue weighted by molar-refractivity contribution is 0.699. The van der Waals surface area contributed by atoms with Crippen molar-refractivity contribution in [2.45, 2.75) is 12.5 Å². The van der Waals surface area contributed by atoms with Crippen LogP contribution >= 0.6 is 0 Å². The van der Waals surface area contributed by atoms with E-state index in [-0.39, 0.29) is 6.04 Å². The molecule has 0 saturated carbocycles. The highest BCUT2D eigenvalue weighted by molar-refractivity contribution is 4.77. The van der Waals surface area contributed by atoms with Gasteiger partial charge in [-0.15, -0.1) is 0 Å². The highest BCUT2D eigenvalue weighted by atomic mass is 14.7. The van der Waals surface area contributed by atoms with Crippen molar-refractivity contribution in [1.29, 1.82) is 5.26 Å². The molecule has 4 N–H and O–H groups in total. The molecule has 0 amide bonds. The van der Waals surface area contributed by atoms with E-state index in [1.54, 1.807) is 0 Å². The Balaban J connectivity index is 3.03. The van der Waals surface area contributed by atoms with Crippen LogP contribution in [0.15, 0.2) is 0 Å². The van der Waals surface area contributed by atoms with Gasteiger partial charge in [-0.3, -0.25) is 0 Å². The third-order valence-corrected chi connectivity index (χ3v) is 0.656.